The molecule has 0 N–H and O–H groups in total. The lowest BCUT2D eigenvalue weighted by Gasteiger charge is -2.28. The second-order valence-corrected chi connectivity index (χ2v) is 15.7. The third kappa shape index (κ3) is 6.96. The summed E-state index contributed by atoms with van der Waals surface area (Å²) in [6.07, 6.45) is 3.05. The van der Waals surface area contributed by atoms with Crippen molar-refractivity contribution in [2.45, 2.75) is 39.0 Å². The lowest BCUT2D eigenvalue weighted by molar-refractivity contribution is -0.385. The van der Waals surface area contributed by atoms with Crippen LogP contribution in [0, 0.1) is 17.0 Å². The molecule has 0 radical (unpaired) electrons. The molecule has 246 valence electrons. The van der Waals surface area contributed by atoms with Crippen molar-refractivity contribution in [1.82, 2.24) is 0 Å². The van der Waals surface area contributed by atoms with Gasteiger partial charge in [0.15, 0.2) is 0 Å². The van der Waals surface area contributed by atoms with Gasteiger partial charge in [-0.3, -0.25) is 10.1 Å². The lowest BCUT2D eigenvalue weighted by Crippen LogP contribution is -3.00. The minimum absolute atomic E-state index is 0. The van der Waals surface area contributed by atoms with Crippen molar-refractivity contribution < 1.29 is 26.8 Å². The number of nitro groups is 1. The largest absolute Gasteiger partial charge is 1.00 e. The summed E-state index contributed by atoms with van der Waals surface area (Å²) in [6, 6.07) is 50.4. The Balaban J connectivity index is 0.00000417. The molecule has 6 aromatic carbocycles. The van der Waals surface area contributed by atoms with Crippen LogP contribution in [0.2, 0.25) is 0 Å². The van der Waals surface area contributed by atoms with E-state index in [1.165, 1.54) is 15.9 Å². The van der Waals surface area contributed by atoms with E-state index in [-0.39, 0.29) is 23.0 Å². The number of benzene rings is 6. The monoisotopic (exact) mass is 685 g/mol. The summed E-state index contributed by atoms with van der Waals surface area (Å²) in [7, 11) is -2.25. The number of nitrogens with zero attached hydrogens (tertiary/aromatic N) is 1. The highest BCUT2D eigenvalue weighted by molar-refractivity contribution is 7.95. The molecule has 1 aliphatic rings. The smallest absolute Gasteiger partial charge is 0.273 e. The van der Waals surface area contributed by atoms with Gasteiger partial charge in [0, 0.05) is 22.8 Å². The van der Waals surface area contributed by atoms with Gasteiger partial charge in [0.25, 0.3) is 5.69 Å². The Morgan fingerprint density at radius 1 is 0.694 bits per heavy atom. The zero-order valence-electron chi connectivity index (χ0n) is 27.3. The molecule has 0 saturated heterocycles. The molecule has 0 saturated carbocycles. The first-order valence-corrected chi connectivity index (χ1v) is 18.3. The molecule has 5 nitrogen and oxygen atoms in total. The first-order chi connectivity index (χ1) is 23.5. The molecule has 7 heteroatoms. The molecule has 6 aromatic rings. The molecule has 0 aromatic heterocycles. The fourth-order valence-electron chi connectivity index (χ4n) is 6.94. The first-order valence-electron chi connectivity index (χ1n) is 16.3. The van der Waals surface area contributed by atoms with Crippen LogP contribution in [0.5, 0.6) is 17.2 Å². The Kier molecular flexibility index (Phi) is 10.4. The van der Waals surface area contributed by atoms with Crippen LogP contribution in [0.15, 0.2) is 146 Å². The Morgan fingerprint density at radius 2 is 1.22 bits per heavy atom. The van der Waals surface area contributed by atoms with Crippen molar-refractivity contribution in [2.75, 3.05) is 0 Å². The van der Waals surface area contributed by atoms with Crippen molar-refractivity contribution in [3.8, 4) is 17.2 Å². The van der Waals surface area contributed by atoms with Gasteiger partial charge in [-0.1, -0.05) is 84.9 Å². The lowest BCUT2D eigenvalue weighted by atomic mass is 10.0. The summed E-state index contributed by atoms with van der Waals surface area (Å²) < 4.78 is 13.3. The average molecular weight is 686 g/mol. The average Bonchev–Trinajstić information content (AvgIpc) is 3.63. The Bertz CT molecular complexity index is 1940. The summed E-state index contributed by atoms with van der Waals surface area (Å²) in [5.41, 5.74) is 4.85. The molecule has 0 spiro atoms. The van der Waals surface area contributed by atoms with E-state index in [0.29, 0.717) is 24.9 Å². The highest BCUT2D eigenvalue weighted by Crippen LogP contribution is 2.59. The molecule has 0 atom stereocenters. The third-order valence-corrected chi connectivity index (χ3v) is 13.6. The number of hydrogen-bond acceptors (Lipinski definition) is 4. The van der Waals surface area contributed by atoms with Gasteiger partial charge in [0.05, 0.1) is 4.92 Å². The Labute approximate surface area is 294 Å². The van der Waals surface area contributed by atoms with Crippen LogP contribution in [-0.4, -0.2) is 4.92 Å². The number of rotatable bonds is 11. The molecular weight excluding hydrogens is 649 g/mol. The van der Waals surface area contributed by atoms with Gasteiger partial charge in [-0.25, -0.2) is 0 Å². The number of hydrogen-bond donors (Lipinski definition) is 0. The summed E-state index contributed by atoms with van der Waals surface area (Å²) in [6.45, 7) is 2.34. The summed E-state index contributed by atoms with van der Waals surface area (Å²) in [4.78, 5) is 11.6. The van der Waals surface area contributed by atoms with Crippen molar-refractivity contribution in [3.05, 3.63) is 184 Å². The normalized spacial score (nSPS) is 12.1. The summed E-state index contributed by atoms with van der Waals surface area (Å²) >= 11 is 0. The number of nitro benzene ring substituents is 1. The minimum atomic E-state index is -2.25. The second-order valence-electron chi connectivity index (χ2n) is 12.2. The fourth-order valence-corrected chi connectivity index (χ4v) is 11.2. The molecule has 0 unspecified atom stereocenters. The summed E-state index contributed by atoms with van der Waals surface area (Å²) in [5.74, 6) is 2.23. The van der Waals surface area contributed by atoms with Crippen LogP contribution in [-0.2, 0) is 25.6 Å². The Morgan fingerprint density at radius 3 is 1.78 bits per heavy atom. The van der Waals surface area contributed by atoms with Gasteiger partial charge in [-0.05, 0) is 91.9 Å². The van der Waals surface area contributed by atoms with E-state index in [9.17, 15) is 10.1 Å². The molecule has 7 rings (SSSR count). The molecule has 0 aliphatic heterocycles. The van der Waals surface area contributed by atoms with Crippen LogP contribution < -0.4 is 37.8 Å². The molecular formula is C42H37ClNO4P. The van der Waals surface area contributed by atoms with Crippen LogP contribution in [0.4, 0.5) is 5.69 Å². The Hall–Kier alpha value is -4.96. The van der Waals surface area contributed by atoms with Gasteiger partial charge >= 0.3 is 0 Å². The predicted molar refractivity (Wildman–Crippen MR) is 196 cm³/mol. The quantitative estimate of drug-likeness (QED) is 0.0918. The first kappa shape index (κ1) is 33.9. The maximum atomic E-state index is 11.9. The SMILES string of the molecule is Cc1cc([N+](=O)[O-])c2c(c1Oc1ccc(OCc3ccccc3)c(C[P+](c3ccccc3)(c3ccccc3)c3ccccc3)c1)CCC2.[Cl-]. The predicted octanol–water partition coefficient (Wildman–Crippen LogP) is 6.26. The van der Waals surface area contributed by atoms with Crippen LogP contribution in [0.25, 0.3) is 0 Å². The zero-order valence-corrected chi connectivity index (χ0v) is 28.9. The topological polar surface area (TPSA) is 61.6 Å². The van der Waals surface area contributed by atoms with E-state index in [1.807, 2.05) is 37.3 Å². The van der Waals surface area contributed by atoms with Crippen molar-refractivity contribution in [3.63, 3.8) is 0 Å². The van der Waals surface area contributed by atoms with Crippen LogP contribution in [0.3, 0.4) is 0 Å². The van der Waals surface area contributed by atoms with Gasteiger partial charge < -0.3 is 21.9 Å². The fraction of sp³-hybridized carbons (Fsp3) is 0.143. The maximum Gasteiger partial charge on any atom is 0.273 e. The van der Waals surface area contributed by atoms with E-state index in [0.717, 1.165) is 52.2 Å². The van der Waals surface area contributed by atoms with Crippen LogP contribution >= 0.6 is 7.26 Å². The molecule has 0 bridgehead atoms. The highest BCUT2D eigenvalue weighted by Gasteiger charge is 2.46. The highest BCUT2D eigenvalue weighted by atomic mass is 35.5. The standard InChI is InChI=1S/C42H37NO4P.ClH/c1-31-27-40(43(44)45)38-23-14-24-39(38)42(31)47-34-25-26-41(46-29-32-15-6-2-7-16-32)33(28-34)30-48(35-17-8-3-9-18-35,36-19-10-4-11-20-36)37-21-12-5-13-22-37;/h2-13,15-22,25-28H,14,23-24,29-30H2,1H3;1H/q+1;/p-1. The van der Waals surface area contributed by atoms with E-state index in [1.54, 1.807) is 6.07 Å². The van der Waals surface area contributed by atoms with E-state index in [4.69, 9.17) is 9.47 Å². The van der Waals surface area contributed by atoms with E-state index in [2.05, 4.69) is 109 Å². The molecule has 0 amide bonds. The van der Waals surface area contributed by atoms with Gasteiger partial charge in [0.1, 0.15) is 53.2 Å². The van der Waals surface area contributed by atoms with E-state index >= 15 is 0 Å². The van der Waals surface area contributed by atoms with E-state index < -0.39 is 7.26 Å². The molecule has 0 fully saturated rings. The number of fused-ring (bicyclic) bond motifs is 1. The minimum Gasteiger partial charge on any atom is -1.00 e. The number of aryl methyl sites for hydroxylation is 1. The zero-order chi connectivity index (χ0) is 32.9. The molecule has 1 aliphatic carbocycles. The van der Waals surface area contributed by atoms with Gasteiger partial charge in [-0.15, -0.1) is 0 Å². The number of ether oxygens (including phenoxy) is 2. The second kappa shape index (κ2) is 15.1. The van der Waals surface area contributed by atoms with Crippen molar-refractivity contribution in [2.24, 2.45) is 0 Å². The molecule has 0 heterocycles. The van der Waals surface area contributed by atoms with Gasteiger partial charge in [0.2, 0.25) is 0 Å². The van der Waals surface area contributed by atoms with Gasteiger partial charge in [-0.2, -0.15) is 0 Å². The van der Waals surface area contributed by atoms with Crippen molar-refractivity contribution >= 4 is 28.9 Å². The molecule has 49 heavy (non-hydrogen) atoms. The maximum absolute atomic E-state index is 11.9. The summed E-state index contributed by atoms with van der Waals surface area (Å²) in [5, 5.41) is 15.7. The third-order valence-electron chi connectivity index (χ3n) is 9.20. The van der Waals surface area contributed by atoms with Crippen molar-refractivity contribution in [1.29, 1.82) is 0 Å². The van der Waals surface area contributed by atoms with Crippen LogP contribution in [0.1, 0.15) is 34.2 Å². The number of halogens is 1.